The Morgan fingerprint density at radius 2 is 2.16 bits per heavy atom. The molecule has 32 heavy (non-hydrogen) atoms. The number of methoxy groups -OCH3 is 1. The third-order valence-electron chi connectivity index (χ3n) is 5.62. The molecule has 1 saturated heterocycles. The van der Waals surface area contributed by atoms with Crippen LogP contribution in [-0.4, -0.2) is 49.9 Å². The van der Waals surface area contributed by atoms with E-state index in [2.05, 4.69) is 20.3 Å². The molecule has 0 amide bonds. The van der Waals surface area contributed by atoms with Gasteiger partial charge < -0.3 is 19.8 Å². The maximum Gasteiger partial charge on any atom is 0.255 e. The maximum atomic E-state index is 13.0. The number of aromatic nitrogens is 6. The molecule has 1 aliphatic heterocycles. The van der Waals surface area contributed by atoms with Gasteiger partial charge >= 0.3 is 0 Å². The zero-order valence-corrected chi connectivity index (χ0v) is 17.6. The number of fused-ring (bicyclic) bond motifs is 1. The second-order valence-corrected chi connectivity index (χ2v) is 7.71. The fourth-order valence-corrected chi connectivity index (χ4v) is 4.07. The topological polar surface area (TPSA) is 123 Å². The first kappa shape index (κ1) is 20.1. The fourth-order valence-electron chi connectivity index (χ4n) is 4.07. The average Bonchev–Trinajstić information content (AvgIpc) is 3.28. The summed E-state index contributed by atoms with van der Waals surface area (Å²) in [4.78, 5) is 21.7. The minimum Gasteiger partial charge on any atom is -0.494 e. The van der Waals surface area contributed by atoms with Gasteiger partial charge in [-0.3, -0.25) is 4.79 Å². The highest BCUT2D eigenvalue weighted by atomic mass is 16.5. The number of pyridine rings is 1. The molecule has 10 nitrogen and oxygen atoms in total. The Bertz CT molecular complexity index is 1320. The third-order valence-corrected chi connectivity index (χ3v) is 5.62. The summed E-state index contributed by atoms with van der Waals surface area (Å²) in [7, 11) is 1.58. The normalized spacial score (nSPS) is 16.3. The Hall–Kier alpha value is -3.79. The van der Waals surface area contributed by atoms with E-state index < -0.39 is 0 Å². The number of nitrogen functional groups attached to an aromatic ring is 1. The summed E-state index contributed by atoms with van der Waals surface area (Å²) in [6.45, 7) is 1.60. The molecular weight excluding hydrogens is 410 g/mol. The van der Waals surface area contributed by atoms with Crippen molar-refractivity contribution in [1.82, 2.24) is 29.5 Å². The Kier molecular flexibility index (Phi) is 5.28. The van der Waals surface area contributed by atoms with Crippen LogP contribution in [0.15, 0.2) is 47.5 Å². The number of rotatable bonds is 5. The molecule has 1 aromatic carbocycles. The molecule has 4 aromatic rings. The van der Waals surface area contributed by atoms with Gasteiger partial charge in [0.15, 0.2) is 0 Å². The zero-order valence-electron chi connectivity index (χ0n) is 17.6. The van der Waals surface area contributed by atoms with Crippen molar-refractivity contribution < 1.29 is 9.47 Å². The number of nitrogens with two attached hydrogens (primary N) is 1. The number of ether oxygens (including phenoxy) is 2. The van der Waals surface area contributed by atoms with Gasteiger partial charge in [0.1, 0.15) is 22.7 Å². The second kappa shape index (κ2) is 8.39. The molecule has 1 atom stereocenters. The second-order valence-electron chi connectivity index (χ2n) is 7.71. The van der Waals surface area contributed by atoms with Gasteiger partial charge in [0.05, 0.1) is 32.5 Å². The first-order valence-electron chi connectivity index (χ1n) is 10.4. The lowest BCUT2D eigenvalue weighted by Crippen LogP contribution is -2.32. The Morgan fingerprint density at radius 1 is 1.25 bits per heavy atom. The molecule has 0 bridgehead atoms. The quantitative estimate of drug-likeness (QED) is 0.507. The van der Waals surface area contributed by atoms with Gasteiger partial charge in [-0.2, -0.15) is 0 Å². The number of hydrogen-bond acceptors (Lipinski definition) is 8. The van der Waals surface area contributed by atoms with E-state index in [1.54, 1.807) is 22.6 Å². The molecule has 4 heterocycles. The Balaban J connectivity index is 1.48. The van der Waals surface area contributed by atoms with E-state index in [1.807, 2.05) is 36.5 Å². The molecule has 0 aliphatic carbocycles. The highest BCUT2D eigenvalue weighted by molar-refractivity contribution is 5.95. The first-order chi connectivity index (χ1) is 15.6. The van der Waals surface area contributed by atoms with E-state index in [1.165, 1.54) is 0 Å². The first-order valence-corrected chi connectivity index (χ1v) is 10.4. The van der Waals surface area contributed by atoms with E-state index in [9.17, 15) is 4.79 Å². The minimum absolute atomic E-state index is 0.0403. The number of nitrogens with zero attached hydrogens (tertiary/aromatic N) is 6. The highest BCUT2D eigenvalue weighted by Gasteiger charge is 2.19. The molecular formula is C22H23N7O3. The summed E-state index contributed by atoms with van der Waals surface area (Å²) >= 11 is 0. The van der Waals surface area contributed by atoms with Crippen LogP contribution < -0.4 is 16.0 Å². The standard InChI is InChI=1S/C22H23N7O3/c1-31-18-8-2-7-16-19(24-22(23)25-20(16)18)17-12-28(27-26-17)11-14-5-3-9-29(21(14)30)15-6-4-10-32-13-15/h2-3,5,7-9,12,15H,4,6,10-11,13H2,1H3,(H2,23,24,25)/t15-/m1/s1. The smallest absolute Gasteiger partial charge is 0.255 e. The van der Waals surface area contributed by atoms with E-state index in [0.717, 1.165) is 24.8 Å². The Labute approximate surface area is 183 Å². The predicted octanol–water partition coefficient (Wildman–Crippen LogP) is 2.04. The molecule has 164 valence electrons. The van der Waals surface area contributed by atoms with Crippen LogP contribution in [0, 0.1) is 0 Å². The zero-order chi connectivity index (χ0) is 22.1. The van der Waals surface area contributed by atoms with E-state index in [4.69, 9.17) is 15.2 Å². The van der Waals surface area contributed by atoms with Crippen LogP contribution in [0.4, 0.5) is 5.95 Å². The van der Waals surface area contributed by atoms with Crippen LogP contribution >= 0.6 is 0 Å². The van der Waals surface area contributed by atoms with E-state index >= 15 is 0 Å². The molecule has 1 fully saturated rings. The number of anilines is 1. The molecule has 0 saturated carbocycles. The molecule has 0 radical (unpaired) electrons. The van der Waals surface area contributed by atoms with Crippen molar-refractivity contribution >= 4 is 16.9 Å². The van der Waals surface area contributed by atoms with Crippen LogP contribution in [0.5, 0.6) is 5.75 Å². The molecule has 2 N–H and O–H groups in total. The maximum absolute atomic E-state index is 13.0. The van der Waals surface area contributed by atoms with Gasteiger partial charge in [-0.05, 0) is 25.0 Å². The summed E-state index contributed by atoms with van der Waals surface area (Å²) in [5.74, 6) is 0.717. The van der Waals surface area contributed by atoms with Crippen molar-refractivity contribution in [3.63, 3.8) is 0 Å². The summed E-state index contributed by atoms with van der Waals surface area (Å²) < 4.78 is 14.3. The molecule has 0 unspecified atom stereocenters. The highest BCUT2D eigenvalue weighted by Crippen LogP contribution is 2.30. The van der Waals surface area contributed by atoms with Crippen molar-refractivity contribution in [2.45, 2.75) is 25.4 Å². The van der Waals surface area contributed by atoms with Crippen LogP contribution in [0.3, 0.4) is 0 Å². The Morgan fingerprint density at radius 3 is 2.97 bits per heavy atom. The molecule has 3 aromatic heterocycles. The molecule has 1 aliphatic rings. The number of para-hydroxylation sites is 1. The van der Waals surface area contributed by atoms with Gasteiger partial charge in [-0.15, -0.1) is 5.10 Å². The van der Waals surface area contributed by atoms with Crippen molar-refractivity contribution in [1.29, 1.82) is 0 Å². The van der Waals surface area contributed by atoms with Crippen molar-refractivity contribution in [2.24, 2.45) is 0 Å². The van der Waals surface area contributed by atoms with Gasteiger partial charge in [-0.25, -0.2) is 14.6 Å². The largest absolute Gasteiger partial charge is 0.494 e. The number of hydrogen-bond donors (Lipinski definition) is 1. The average molecular weight is 433 g/mol. The van der Waals surface area contributed by atoms with Crippen molar-refractivity contribution in [3.8, 4) is 17.1 Å². The lowest BCUT2D eigenvalue weighted by molar-refractivity contribution is 0.0579. The van der Waals surface area contributed by atoms with Crippen molar-refractivity contribution in [2.75, 3.05) is 26.1 Å². The van der Waals surface area contributed by atoms with E-state index in [-0.39, 0.29) is 17.5 Å². The minimum atomic E-state index is -0.0403. The van der Waals surface area contributed by atoms with Gasteiger partial charge in [0, 0.05) is 23.8 Å². The summed E-state index contributed by atoms with van der Waals surface area (Å²) in [6.07, 6.45) is 5.46. The SMILES string of the molecule is COc1cccc2c(-c3cn(Cc4cccn([C@@H]5CCCOC5)c4=O)nn3)nc(N)nc12. The van der Waals surface area contributed by atoms with Gasteiger partial charge in [-0.1, -0.05) is 23.4 Å². The predicted molar refractivity (Wildman–Crippen MR) is 118 cm³/mol. The van der Waals surface area contributed by atoms with Crippen LogP contribution in [0.1, 0.15) is 24.4 Å². The lowest BCUT2D eigenvalue weighted by atomic mass is 10.1. The monoisotopic (exact) mass is 433 g/mol. The molecule has 0 spiro atoms. The fraction of sp³-hybridized carbons (Fsp3) is 0.318. The summed E-state index contributed by atoms with van der Waals surface area (Å²) in [6, 6.07) is 9.31. The van der Waals surface area contributed by atoms with Crippen LogP contribution in [0.2, 0.25) is 0 Å². The van der Waals surface area contributed by atoms with Gasteiger partial charge in [0.25, 0.3) is 5.56 Å². The van der Waals surface area contributed by atoms with Crippen LogP contribution in [0.25, 0.3) is 22.3 Å². The summed E-state index contributed by atoms with van der Waals surface area (Å²) in [5.41, 5.74) is 8.22. The van der Waals surface area contributed by atoms with Crippen LogP contribution in [-0.2, 0) is 11.3 Å². The number of benzene rings is 1. The molecule has 10 heteroatoms. The summed E-state index contributed by atoms with van der Waals surface area (Å²) in [5, 5.41) is 9.23. The molecule has 5 rings (SSSR count). The third kappa shape index (κ3) is 3.69. The van der Waals surface area contributed by atoms with Gasteiger partial charge in [0.2, 0.25) is 5.95 Å². The lowest BCUT2D eigenvalue weighted by Gasteiger charge is -2.24. The van der Waals surface area contributed by atoms with E-state index in [0.29, 0.717) is 41.4 Å². The van der Waals surface area contributed by atoms with Crippen molar-refractivity contribution in [3.05, 3.63) is 58.6 Å².